The number of aryl methyl sites for hydroxylation is 1. The lowest BCUT2D eigenvalue weighted by Crippen LogP contribution is -2.34. The molecule has 21 heavy (non-hydrogen) atoms. The molecule has 2 rings (SSSR count). The number of hydrogen-bond donors (Lipinski definition) is 1. The summed E-state index contributed by atoms with van der Waals surface area (Å²) in [5, 5.41) is 9.69. The predicted octanol–water partition coefficient (Wildman–Crippen LogP) is 3.59. The number of ether oxygens (including phenoxy) is 1. The Bertz CT molecular complexity index is 614. The number of carbonyl (C=O) groups is 1. The van der Waals surface area contributed by atoms with Crippen LogP contribution in [-0.2, 0) is 16.6 Å². The van der Waals surface area contributed by atoms with Gasteiger partial charge in [0.2, 0.25) is 0 Å². The molecule has 0 saturated heterocycles. The Morgan fingerprint density at radius 2 is 1.67 bits per heavy atom. The number of rotatable bonds is 5. The molecule has 2 aromatic carbocycles. The van der Waals surface area contributed by atoms with Crippen LogP contribution in [0.15, 0.2) is 48.5 Å². The van der Waals surface area contributed by atoms with Crippen LogP contribution in [0.2, 0.25) is 0 Å². The Labute approximate surface area is 125 Å². The summed E-state index contributed by atoms with van der Waals surface area (Å²) in [4.78, 5) is 11.8. The molecule has 3 heteroatoms. The third-order valence-electron chi connectivity index (χ3n) is 3.88. The van der Waals surface area contributed by atoms with E-state index in [1.165, 1.54) is 0 Å². The second kappa shape index (κ2) is 6.00. The van der Waals surface area contributed by atoms with E-state index < -0.39 is 11.4 Å². The predicted molar refractivity (Wildman–Crippen MR) is 82.9 cm³/mol. The highest BCUT2D eigenvalue weighted by Crippen LogP contribution is 2.29. The number of methoxy groups -OCH3 is 1. The standard InChI is InChI=1S/C18H20O3/c1-13-4-8-15(9-5-13)18(2,17(19)20)12-14-6-10-16(21-3)11-7-14/h4-11H,12H2,1-3H3,(H,19,20). The lowest BCUT2D eigenvalue weighted by atomic mass is 9.77. The molecule has 0 aliphatic carbocycles. The zero-order valence-corrected chi connectivity index (χ0v) is 12.6. The minimum absolute atomic E-state index is 0.440. The quantitative estimate of drug-likeness (QED) is 0.912. The minimum Gasteiger partial charge on any atom is -0.497 e. The van der Waals surface area contributed by atoms with Gasteiger partial charge in [-0.3, -0.25) is 4.79 Å². The van der Waals surface area contributed by atoms with Crippen LogP contribution in [0.3, 0.4) is 0 Å². The second-order valence-corrected chi connectivity index (χ2v) is 5.53. The average molecular weight is 284 g/mol. The zero-order valence-electron chi connectivity index (χ0n) is 12.6. The van der Waals surface area contributed by atoms with Crippen molar-refractivity contribution in [3.63, 3.8) is 0 Å². The van der Waals surface area contributed by atoms with Gasteiger partial charge in [0.1, 0.15) is 5.75 Å². The zero-order chi connectivity index (χ0) is 15.5. The van der Waals surface area contributed by atoms with Gasteiger partial charge in [-0.15, -0.1) is 0 Å². The summed E-state index contributed by atoms with van der Waals surface area (Å²) in [6.45, 7) is 3.76. The van der Waals surface area contributed by atoms with Crippen molar-refractivity contribution < 1.29 is 14.6 Å². The minimum atomic E-state index is -0.942. The Morgan fingerprint density at radius 1 is 1.10 bits per heavy atom. The van der Waals surface area contributed by atoms with Crippen LogP contribution in [0.5, 0.6) is 5.75 Å². The molecule has 0 radical (unpaired) electrons. The number of carboxylic acid groups (broad SMARTS) is 1. The maximum Gasteiger partial charge on any atom is 0.314 e. The summed E-state index contributed by atoms with van der Waals surface area (Å²) in [5.41, 5.74) is 1.97. The van der Waals surface area contributed by atoms with E-state index in [0.29, 0.717) is 6.42 Å². The van der Waals surface area contributed by atoms with Gasteiger partial charge in [-0.25, -0.2) is 0 Å². The van der Waals surface area contributed by atoms with Crippen molar-refractivity contribution in [2.45, 2.75) is 25.7 Å². The highest BCUT2D eigenvalue weighted by molar-refractivity contribution is 5.81. The number of hydrogen-bond acceptors (Lipinski definition) is 2. The molecule has 3 nitrogen and oxygen atoms in total. The molecular weight excluding hydrogens is 264 g/mol. The molecule has 2 aromatic rings. The number of aliphatic carboxylic acids is 1. The van der Waals surface area contributed by atoms with E-state index in [4.69, 9.17) is 4.74 Å². The average Bonchev–Trinajstić information content (AvgIpc) is 2.48. The smallest absolute Gasteiger partial charge is 0.314 e. The molecule has 0 aromatic heterocycles. The van der Waals surface area contributed by atoms with Crippen LogP contribution in [0.1, 0.15) is 23.6 Å². The highest BCUT2D eigenvalue weighted by atomic mass is 16.5. The van der Waals surface area contributed by atoms with Crippen LogP contribution in [0.4, 0.5) is 0 Å². The molecule has 0 fully saturated rings. The normalized spacial score (nSPS) is 13.5. The van der Waals surface area contributed by atoms with Gasteiger partial charge in [0.25, 0.3) is 0 Å². The van der Waals surface area contributed by atoms with Gasteiger partial charge in [0.15, 0.2) is 0 Å². The Balaban J connectivity index is 2.33. The molecule has 0 aliphatic heterocycles. The van der Waals surface area contributed by atoms with Crippen molar-refractivity contribution in [3.05, 3.63) is 65.2 Å². The van der Waals surface area contributed by atoms with E-state index in [-0.39, 0.29) is 0 Å². The van der Waals surface area contributed by atoms with Crippen LogP contribution in [0, 0.1) is 6.92 Å². The fourth-order valence-corrected chi connectivity index (χ4v) is 2.37. The highest BCUT2D eigenvalue weighted by Gasteiger charge is 2.35. The second-order valence-electron chi connectivity index (χ2n) is 5.53. The first-order valence-corrected chi connectivity index (χ1v) is 6.89. The lowest BCUT2D eigenvalue weighted by Gasteiger charge is -2.26. The topological polar surface area (TPSA) is 46.5 Å². The molecule has 0 saturated carbocycles. The summed E-state index contributed by atoms with van der Waals surface area (Å²) < 4.78 is 5.13. The van der Waals surface area contributed by atoms with Gasteiger partial charge >= 0.3 is 5.97 Å². The van der Waals surface area contributed by atoms with E-state index >= 15 is 0 Å². The third-order valence-corrected chi connectivity index (χ3v) is 3.88. The van der Waals surface area contributed by atoms with E-state index in [0.717, 1.165) is 22.4 Å². The molecule has 0 aliphatic rings. The SMILES string of the molecule is COc1ccc(CC(C)(C(=O)O)c2ccc(C)cc2)cc1. The molecular formula is C18H20O3. The van der Waals surface area contributed by atoms with Gasteiger partial charge in [0, 0.05) is 0 Å². The van der Waals surface area contributed by atoms with Crippen LogP contribution < -0.4 is 4.74 Å². The summed E-state index contributed by atoms with van der Waals surface area (Å²) in [5.74, 6) is -0.0479. The van der Waals surface area contributed by atoms with Crippen molar-refractivity contribution in [1.29, 1.82) is 0 Å². The van der Waals surface area contributed by atoms with E-state index in [2.05, 4.69) is 0 Å². The molecule has 0 amide bonds. The molecule has 1 atom stereocenters. The van der Waals surface area contributed by atoms with Gasteiger partial charge in [-0.05, 0) is 43.5 Å². The van der Waals surface area contributed by atoms with Crippen molar-refractivity contribution >= 4 is 5.97 Å². The lowest BCUT2D eigenvalue weighted by molar-refractivity contribution is -0.143. The monoisotopic (exact) mass is 284 g/mol. The van der Waals surface area contributed by atoms with Gasteiger partial charge in [0.05, 0.1) is 12.5 Å². The van der Waals surface area contributed by atoms with Crippen molar-refractivity contribution in [1.82, 2.24) is 0 Å². The first kappa shape index (κ1) is 15.1. The Hall–Kier alpha value is -2.29. The van der Waals surface area contributed by atoms with E-state index in [1.54, 1.807) is 14.0 Å². The van der Waals surface area contributed by atoms with Crippen LogP contribution >= 0.6 is 0 Å². The fraction of sp³-hybridized carbons (Fsp3) is 0.278. The third kappa shape index (κ3) is 3.24. The Kier molecular flexibility index (Phi) is 4.32. The van der Waals surface area contributed by atoms with E-state index in [1.807, 2.05) is 55.5 Å². The summed E-state index contributed by atoms with van der Waals surface area (Å²) in [6, 6.07) is 15.2. The summed E-state index contributed by atoms with van der Waals surface area (Å²) in [6.07, 6.45) is 0.440. The fourth-order valence-electron chi connectivity index (χ4n) is 2.37. The molecule has 0 bridgehead atoms. The van der Waals surface area contributed by atoms with Crippen molar-refractivity contribution in [2.75, 3.05) is 7.11 Å². The largest absolute Gasteiger partial charge is 0.497 e. The molecule has 1 unspecified atom stereocenters. The van der Waals surface area contributed by atoms with Gasteiger partial charge < -0.3 is 9.84 Å². The van der Waals surface area contributed by atoms with Crippen LogP contribution in [0.25, 0.3) is 0 Å². The molecule has 110 valence electrons. The van der Waals surface area contributed by atoms with Crippen molar-refractivity contribution in [3.8, 4) is 5.75 Å². The van der Waals surface area contributed by atoms with Gasteiger partial charge in [-0.2, -0.15) is 0 Å². The maximum atomic E-state index is 11.8. The first-order valence-electron chi connectivity index (χ1n) is 6.89. The Morgan fingerprint density at radius 3 is 2.14 bits per heavy atom. The van der Waals surface area contributed by atoms with E-state index in [9.17, 15) is 9.90 Å². The maximum absolute atomic E-state index is 11.8. The summed E-state index contributed by atoms with van der Waals surface area (Å²) >= 11 is 0. The molecule has 0 spiro atoms. The summed E-state index contributed by atoms with van der Waals surface area (Å²) in [7, 11) is 1.61. The first-order chi connectivity index (χ1) is 9.95. The number of carboxylic acids is 1. The van der Waals surface area contributed by atoms with Crippen molar-refractivity contribution in [2.24, 2.45) is 0 Å². The van der Waals surface area contributed by atoms with Gasteiger partial charge in [-0.1, -0.05) is 42.0 Å². The molecule has 1 N–H and O–H groups in total. The number of benzene rings is 2. The van der Waals surface area contributed by atoms with Crippen LogP contribution in [-0.4, -0.2) is 18.2 Å². The molecule has 0 heterocycles.